The molecule has 0 aromatic rings. The van der Waals surface area contributed by atoms with Crippen LogP contribution >= 0.6 is 0 Å². The summed E-state index contributed by atoms with van der Waals surface area (Å²) in [6, 6.07) is 0. The van der Waals surface area contributed by atoms with Crippen molar-refractivity contribution < 1.29 is 4.79 Å². The first kappa shape index (κ1) is 25.1. The fourth-order valence-electron chi connectivity index (χ4n) is 3.56. The standard InChI is InChI=1S/C25H46O/c1-21(2)11-7-12-22(3)13-8-14-23(4)15-9-16-24(5)17-10-18-25(6)19-20-26/h17,19-23H,7-16,18H2,1-6H3. The Kier molecular flexibility index (Phi) is 15.8. The van der Waals surface area contributed by atoms with Crippen molar-refractivity contribution >= 4 is 6.29 Å². The molecule has 0 N–H and O–H groups in total. The summed E-state index contributed by atoms with van der Waals surface area (Å²) in [5.41, 5.74) is 2.69. The molecule has 26 heavy (non-hydrogen) atoms. The van der Waals surface area contributed by atoms with Gasteiger partial charge in [0, 0.05) is 0 Å². The second-order valence-corrected chi connectivity index (χ2v) is 9.10. The van der Waals surface area contributed by atoms with Crippen molar-refractivity contribution in [2.75, 3.05) is 0 Å². The molecule has 0 amide bonds. The Hall–Kier alpha value is -0.850. The fourth-order valence-corrected chi connectivity index (χ4v) is 3.56. The monoisotopic (exact) mass is 362 g/mol. The van der Waals surface area contributed by atoms with Crippen LogP contribution in [0.3, 0.4) is 0 Å². The third-order valence-corrected chi connectivity index (χ3v) is 5.52. The molecule has 0 fully saturated rings. The summed E-state index contributed by atoms with van der Waals surface area (Å²) < 4.78 is 0. The lowest BCUT2D eigenvalue weighted by atomic mass is 9.91. The minimum atomic E-state index is 0.858. The molecule has 0 aliphatic heterocycles. The Bertz CT molecular complexity index is 402. The Morgan fingerprint density at radius 2 is 1.27 bits per heavy atom. The summed E-state index contributed by atoms with van der Waals surface area (Å²) in [6.45, 7) is 13.8. The van der Waals surface area contributed by atoms with Crippen molar-refractivity contribution in [3.63, 3.8) is 0 Å². The van der Waals surface area contributed by atoms with Gasteiger partial charge in [0.1, 0.15) is 6.29 Å². The molecule has 0 rings (SSSR count). The van der Waals surface area contributed by atoms with Gasteiger partial charge in [0.15, 0.2) is 0 Å². The Morgan fingerprint density at radius 3 is 1.81 bits per heavy atom. The highest BCUT2D eigenvalue weighted by Gasteiger charge is 2.06. The first-order chi connectivity index (χ1) is 12.3. The van der Waals surface area contributed by atoms with E-state index in [4.69, 9.17) is 0 Å². The lowest BCUT2D eigenvalue weighted by molar-refractivity contribution is -0.104. The van der Waals surface area contributed by atoms with Crippen LogP contribution in [0.4, 0.5) is 0 Å². The van der Waals surface area contributed by atoms with Crippen LogP contribution in [-0.4, -0.2) is 6.29 Å². The molecular formula is C25H46O. The summed E-state index contributed by atoms with van der Waals surface area (Å²) in [6.07, 6.45) is 19.3. The lowest BCUT2D eigenvalue weighted by Gasteiger charge is -2.15. The predicted octanol–water partition coefficient (Wildman–Crippen LogP) is 8.30. The Balaban J connectivity index is 3.70. The zero-order chi connectivity index (χ0) is 19.8. The van der Waals surface area contributed by atoms with E-state index in [-0.39, 0.29) is 0 Å². The van der Waals surface area contributed by atoms with E-state index in [1.807, 2.05) is 6.92 Å². The molecule has 0 aliphatic carbocycles. The molecule has 0 saturated heterocycles. The maximum absolute atomic E-state index is 10.4. The zero-order valence-electron chi connectivity index (χ0n) is 18.7. The second-order valence-electron chi connectivity index (χ2n) is 9.10. The number of rotatable bonds is 16. The van der Waals surface area contributed by atoms with Crippen LogP contribution in [-0.2, 0) is 4.79 Å². The molecule has 1 nitrogen and oxygen atoms in total. The van der Waals surface area contributed by atoms with Gasteiger partial charge < -0.3 is 0 Å². The van der Waals surface area contributed by atoms with Crippen LogP contribution in [0.5, 0.6) is 0 Å². The Labute approximate surface area is 164 Å². The van der Waals surface area contributed by atoms with Gasteiger partial charge in [-0.3, -0.25) is 4.79 Å². The molecule has 2 unspecified atom stereocenters. The van der Waals surface area contributed by atoms with Crippen LogP contribution in [0.25, 0.3) is 0 Å². The topological polar surface area (TPSA) is 17.1 Å². The van der Waals surface area contributed by atoms with Crippen LogP contribution < -0.4 is 0 Å². The summed E-state index contributed by atoms with van der Waals surface area (Å²) in [4.78, 5) is 10.4. The summed E-state index contributed by atoms with van der Waals surface area (Å²) in [5, 5.41) is 0. The number of hydrogen-bond acceptors (Lipinski definition) is 1. The quantitative estimate of drug-likeness (QED) is 0.153. The molecule has 0 saturated carbocycles. The van der Waals surface area contributed by atoms with Crippen molar-refractivity contribution in [2.24, 2.45) is 17.8 Å². The second kappa shape index (κ2) is 16.3. The molecule has 0 aromatic heterocycles. The number of carbonyl (C=O) groups is 1. The third-order valence-electron chi connectivity index (χ3n) is 5.52. The van der Waals surface area contributed by atoms with E-state index < -0.39 is 0 Å². The number of hydrogen-bond donors (Lipinski definition) is 0. The van der Waals surface area contributed by atoms with Crippen molar-refractivity contribution in [1.29, 1.82) is 0 Å². The molecule has 152 valence electrons. The van der Waals surface area contributed by atoms with Gasteiger partial charge in [0.2, 0.25) is 0 Å². The van der Waals surface area contributed by atoms with E-state index in [2.05, 4.69) is 40.7 Å². The minimum Gasteiger partial charge on any atom is -0.299 e. The van der Waals surface area contributed by atoms with Crippen LogP contribution in [0, 0.1) is 17.8 Å². The highest BCUT2D eigenvalue weighted by molar-refractivity contribution is 5.65. The maximum Gasteiger partial charge on any atom is 0.142 e. The molecule has 0 aromatic carbocycles. The van der Waals surface area contributed by atoms with Gasteiger partial charge >= 0.3 is 0 Å². The largest absolute Gasteiger partial charge is 0.299 e. The number of allylic oxidation sites excluding steroid dienone is 4. The molecule has 2 atom stereocenters. The molecule has 0 bridgehead atoms. The average Bonchev–Trinajstić information content (AvgIpc) is 2.54. The highest BCUT2D eigenvalue weighted by atomic mass is 16.1. The normalized spacial score (nSPS) is 15.3. The smallest absolute Gasteiger partial charge is 0.142 e. The van der Waals surface area contributed by atoms with Crippen LogP contribution in [0.1, 0.15) is 112 Å². The van der Waals surface area contributed by atoms with Gasteiger partial charge in [0.05, 0.1) is 0 Å². The first-order valence-corrected chi connectivity index (χ1v) is 11.1. The molecule has 0 radical (unpaired) electrons. The zero-order valence-corrected chi connectivity index (χ0v) is 18.7. The average molecular weight is 363 g/mol. The lowest BCUT2D eigenvalue weighted by Crippen LogP contribution is -2.00. The van der Waals surface area contributed by atoms with Gasteiger partial charge in [-0.15, -0.1) is 0 Å². The van der Waals surface area contributed by atoms with Gasteiger partial charge in [-0.05, 0) is 63.4 Å². The highest BCUT2D eigenvalue weighted by Crippen LogP contribution is 2.22. The van der Waals surface area contributed by atoms with Gasteiger partial charge in [-0.25, -0.2) is 0 Å². The van der Waals surface area contributed by atoms with E-state index >= 15 is 0 Å². The predicted molar refractivity (Wildman–Crippen MR) is 118 cm³/mol. The molecule has 1 heteroatoms. The summed E-state index contributed by atoms with van der Waals surface area (Å²) >= 11 is 0. The first-order valence-electron chi connectivity index (χ1n) is 11.1. The van der Waals surface area contributed by atoms with E-state index in [0.717, 1.165) is 36.9 Å². The van der Waals surface area contributed by atoms with Gasteiger partial charge in [0.25, 0.3) is 0 Å². The molecule has 0 heterocycles. The van der Waals surface area contributed by atoms with Gasteiger partial charge in [-0.2, -0.15) is 0 Å². The van der Waals surface area contributed by atoms with Crippen LogP contribution in [0.15, 0.2) is 23.3 Å². The maximum atomic E-state index is 10.4. The Morgan fingerprint density at radius 1 is 0.731 bits per heavy atom. The third kappa shape index (κ3) is 16.6. The van der Waals surface area contributed by atoms with Crippen molar-refractivity contribution in [1.82, 2.24) is 0 Å². The number of aldehydes is 1. The summed E-state index contributed by atoms with van der Waals surface area (Å²) in [5.74, 6) is 2.63. The van der Waals surface area contributed by atoms with Crippen LogP contribution in [0.2, 0.25) is 0 Å². The van der Waals surface area contributed by atoms with E-state index in [1.54, 1.807) is 6.08 Å². The SMILES string of the molecule is CC(=CC=O)CCC=C(C)CCCC(C)CCCC(C)CCCC(C)C. The van der Waals surface area contributed by atoms with Gasteiger partial charge in [-0.1, -0.05) is 89.9 Å². The summed E-state index contributed by atoms with van der Waals surface area (Å²) in [7, 11) is 0. The molecular weight excluding hydrogens is 316 g/mol. The van der Waals surface area contributed by atoms with Crippen molar-refractivity contribution in [3.8, 4) is 0 Å². The number of carbonyl (C=O) groups excluding carboxylic acids is 1. The molecule has 0 aliphatic rings. The minimum absolute atomic E-state index is 0.858. The van der Waals surface area contributed by atoms with E-state index in [0.29, 0.717) is 0 Å². The molecule has 0 spiro atoms. The fraction of sp³-hybridized carbons (Fsp3) is 0.800. The van der Waals surface area contributed by atoms with E-state index in [9.17, 15) is 4.79 Å². The van der Waals surface area contributed by atoms with E-state index in [1.165, 1.54) is 68.9 Å². The van der Waals surface area contributed by atoms with Crippen molar-refractivity contribution in [3.05, 3.63) is 23.3 Å². The van der Waals surface area contributed by atoms with Crippen molar-refractivity contribution in [2.45, 2.75) is 112 Å².